The molecule has 0 aromatic heterocycles. The van der Waals surface area contributed by atoms with Crippen LogP contribution < -0.4 is 5.32 Å². The van der Waals surface area contributed by atoms with Crippen molar-refractivity contribution in [2.24, 2.45) is 5.92 Å². The fraction of sp³-hybridized carbons (Fsp3) is 1.00. The first-order chi connectivity index (χ1) is 8.78. The van der Waals surface area contributed by atoms with Crippen LogP contribution in [0.15, 0.2) is 0 Å². The second kappa shape index (κ2) is 6.85. The number of hydrogen-bond acceptors (Lipinski definition) is 4. The summed E-state index contributed by atoms with van der Waals surface area (Å²) in [6, 6.07) is 0.720. The molecule has 1 aliphatic heterocycles. The van der Waals surface area contributed by atoms with E-state index < -0.39 is 0 Å². The molecule has 0 aromatic carbocycles. The van der Waals surface area contributed by atoms with Gasteiger partial charge in [-0.25, -0.2) is 0 Å². The van der Waals surface area contributed by atoms with Crippen molar-refractivity contribution < 1.29 is 9.47 Å². The molecule has 0 bridgehead atoms. The maximum atomic E-state index is 5.50. The summed E-state index contributed by atoms with van der Waals surface area (Å²) < 4.78 is 11.0. The molecule has 1 saturated heterocycles. The highest BCUT2D eigenvalue weighted by atomic mass is 16.5. The summed E-state index contributed by atoms with van der Waals surface area (Å²) in [6.45, 7) is 6.52. The Morgan fingerprint density at radius 2 is 1.78 bits per heavy atom. The van der Waals surface area contributed by atoms with Gasteiger partial charge in [-0.15, -0.1) is 0 Å². The SMILES string of the molecule is CCNC1CCCC1CN1CC(OC)C(OC)C1. The van der Waals surface area contributed by atoms with E-state index in [2.05, 4.69) is 17.1 Å². The quantitative estimate of drug-likeness (QED) is 0.772. The van der Waals surface area contributed by atoms with E-state index in [9.17, 15) is 0 Å². The van der Waals surface area contributed by atoms with E-state index in [1.165, 1.54) is 25.8 Å². The molecule has 18 heavy (non-hydrogen) atoms. The van der Waals surface area contributed by atoms with Gasteiger partial charge in [0.15, 0.2) is 0 Å². The van der Waals surface area contributed by atoms with Crippen molar-refractivity contribution in [3.05, 3.63) is 0 Å². The van der Waals surface area contributed by atoms with Gasteiger partial charge in [0.05, 0.1) is 12.2 Å². The van der Waals surface area contributed by atoms with Gasteiger partial charge in [-0.2, -0.15) is 0 Å². The Labute approximate surface area is 111 Å². The fourth-order valence-corrected chi connectivity index (χ4v) is 3.54. The van der Waals surface area contributed by atoms with E-state index in [0.717, 1.165) is 31.6 Å². The van der Waals surface area contributed by atoms with Crippen LogP contribution in [0.4, 0.5) is 0 Å². The smallest absolute Gasteiger partial charge is 0.0971 e. The third-order valence-electron chi connectivity index (χ3n) is 4.51. The maximum Gasteiger partial charge on any atom is 0.0971 e. The summed E-state index contributed by atoms with van der Waals surface area (Å²) in [5.74, 6) is 0.804. The van der Waals surface area contributed by atoms with E-state index in [1.54, 1.807) is 14.2 Å². The van der Waals surface area contributed by atoms with Crippen LogP contribution in [-0.4, -0.2) is 63.5 Å². The normalized spacial score (nSPS) is 37.5. The zero-order valence-electron chi connectivity index (χ0n) is 12.0. The minimum Gasteiger partial charge on any atom is -0.377 e. The first-order valence-corrected chi connectivity index (χ1v) is 7.29. The summed E-state index contributed by atoms with van der Waals surface area (Å²) in [7, 11) is 3.58. The van der Waals surface area contributed by atoms with Crippen LogP contribution in [0.5, 0.6) is 0 Å². The van der Waals surface area contributed by atoms with Gasteiger partial charge < -0.3 is 14.8 Å². The van der Waals surface area contributed by atoms with Gasteiger partial charge in [0.25, 0.3) is 0 Å². The van der Waals surface area contributed by atoms with Gasteiger partial charge in [0.1, 0.15) is 0 Å². The highest BCUT2D eigenvalue weighted by molar-refractivity contribution is 4.90. The van der Waals surface area contributed by atoms with Gasteiger partial charge in [0.2, 0.25) is 0 Å². The molecule has 1 N–H and O–H groups in total. The van der Waals surface area contributed by atoms with Gasteiger partial charge in [-0.05, 0) is 25.3 Å². The fourth-order valence-electron chi connectivity index (χ4n) is 3.54. The molecular weight excluding hydrogens is 228 g/mol. The Kier molecular flexibility index (Phi) is 5.42. The van der Waals surface area contributed by atoms with E-state index in [1.807, 2.05) is 0 Å². The lowest BCUT2D eigenvalue weighted by molar-refractivity contribution is -0.00461. The number of nitrogens with zero attached hydrogens (tertiary/aromatic N) is 1. The number of likely N-dealkylation sites (tertiary alicyclic amines) is 1. The predicted octanol–water partition coefficient (Wildman–Crippen LogP) is 1.11. The molecular formula is C14H28N2O2. The Morgan fingerprint density at radius 1 is 1.11 bits per heavy atom. The van der Waals surface area contributed by atoms with Crippen molar-refractivity contribution in [1.82, 2.24) is 10.2 Å². The topological polar surface area (TPSA) is 33.7 Å². The lowest BCUT2D eigenvalue weighted by Crippen LogP contribution is -2.39. The van der Waals surface area contributed by atoms with Crippen molar-refractivity contribution >= 4 is 0 Å². The number of methoxy groups -OCH3 is 2. The third-order valence-corrected chi connectivity index (χ3v) is 4.51. The Balaban J connectivity index is 1.83. The van der Waals surface area contributed by atoms with Crippen LogP contribution in [0.1, 0.15) is 26.2 Å². The molecule has 1 aliphatic carbocycles. The van der Waals surface area contributed by atoms with Crippen LogP contribution in [0.25, 0.3) is 0 Å². The molecule has 0 amide bonds. The summed E-state index contributed by atoms with van der Waals surface area (Å²) in [6.07, 6.45) is 4.57. The van der Waals surface area contributed by atoms with Gasteiger partial charge in [0, 0.05) is 39.9 Å². The van der Waals surface area contributed by atoms with Crippen molar-refractivity contribution in [2.45, 2.75) is 44.4 Å². The highest BCUT2D eigenvalue weighted by Crippen LogP contribution is 2.28. The molecule has 2 aliphatic rings. The summed E-state index contributed by atoms with van der Waals surface area (Å²) in [5.41, 5.74) is 0. The van der Waals surface area contributed by atoms with Crippen LogP contribution in [0.2, 0.25) is 0 Å². The molecule has 1 saturated carbocycles. The third kappa shape index (κ3) is 3.23. The van der Waals surface area contributed by atoms with E-state index in [-0.39, 0.29) is 12.2 Å². The molecule has 4 atom stereocenters. The molecule has 4 unspecified atom stereocenters. The predicted molar refractivity (Wildman–Crippen MR) is 72.8 cm³/mol. The lowest BCUT2D eigenvalue weighted by atomic mass is 10.0. The number of hydrogen-bond donors (Lipinski definition) is 1. The van der Waals surface area contributed by atoms with E-state index >= 15 is 0 Å². The van der Waals surface area contributed by atoms with Crippen molar-refractivity contribution in [3.63, 3.8) is 0 Å². The number of rotatable bonds is 6. The maximum absolute atomic E-state index is 5.50. The molecule has 0 aromatic rings. The van der Waals surface area contributed by atoms with Crippen LogP contribution in [-0.2, 0) is 9.47 Å². The summed E-state index contributed by atoms with van der Waals surface area (Å²) in [5, 5.41) is 3.63. The molecule has 2 rings (SSSR count). The van der Waals surface area contributed by atoms with E-state index in [4.69, 9.17) is 9.47 Å². The monoisotopic (exact) mass is 256 g/mol. The second-order valence-corrected chi connectivity index (χ2v) is 5.62. The Morgan fingerprint density at radius 3 is 2.33 bits per heavy atom. The molecule has 4 nitrogen and oxygen atoms in total. The van der Waals surface area contributed by atoms with Crippen molar-refractivity contribution in [2.75, 3.05) is 40.4 Å². The lowest BCUT2D eigenvalue weighted by Gasteiger charge is -2.25. The van der Waals surface area contributed by atoms with Crippen molar-refractivity contribution in [1.29, 1.82) is 0 Å². The Bertz CT molecular complexity index is 238. The zero-order chi connectivity index (χ0) is 13.0. The van der Waals surface area contributed by atoms with Gasteiger partial charge in [-0.1, -0.05) is 13.3 Å². The van der Waals surface area contributed by atoms with Crippen molar-refractivity contribution in [3.8, 4) is 0 Å². The standard InChI is InChI=1S/C14H28N2O2/c1-4-15-12-7-5-6-11(12)8-16-9-13(17-2)14(10-16)18-3/h11-15H,4-10H2,1-3H3. The number of nitrogens with one attached hydrogen (secondary N) is 1. The van der Waals surface area contributed by atoms with Crippen LogP contribution in [0, 0.1) is 5.92 Å². The van der Waals surface area contributed by atoms with Crippen LogP contribution in [0.3, 0.4) is 0 Å². The minimum atomic E-state index is 0.244. The molecule has 4 heteroatoms. The Hall–Kier alpha value is -0.160. The highest BCUT2D eigenvalue weighted by Gasteiger charge is 2.36. The first-order valence-electron chi connectivity index (χ1n) is 7.29. The average Bonchev–Trinajstić information content (AvgIpc) is 2.97. The minimum absolute atomic E-state index is 0.244. The molecule has 106 valence electrons. The first kappa shape index (κ1) is 14.3. The molecule has 0 radical (unpaired) electrons. The van der Waals surface area contributed by atoms with Gasteiger partial charge in [-0.3, -0.25) is 4.90 Å². The average molecular weight is 256 g/mol. The summed E-state index contributed by atoms with van der Waals surface area (Å²) >= 11 is 0. The van der Waals surface area contributed by atoms with E-state index in [0.29, 0.717) is 0 Å². The van der Waals surface area contributed by atoms with Crippen LogP contribution >= 0.6 is 0 Å². The molecule has 1 heterocycles. The summed E-state index contributed by atoms with van der Waals surface area (Å²) in [4.78, 5) is 2.52. The molecule has 0 spiro atoms. The zero-order valence-corrected chi connectivity index (χ0v) is 12.0. The largest absolute Gasteiger partial charge is 0.377 e. The second-order valence-electron chi connectivity index (χ2n) is 5.62. The molecule has 2 fully saturated rings. The van der Waals surface area contributed by atoms with Gasteiger partial charge >= 0.3 is 0 Å². The number of ether oxygens (including phenoxy) is 2.